The van der Waals surface area contributed by atoms with Crippen molar-refractivity contribution >= 4 is 21.8 Å². The minimum absolute atomic E-state index is 0.129. The molecule has 0 aliphatic heterocycles. The molecule has 2 atom stereocenters. The van der Waals surface area contributed by atoms with Crippen LogP contribution in [0.5, 0.6) is 0 Å². The summed E-state index contributed by atoms with van der Waals surface area (Å²) in [5, 5.41) is 2.80. The van der Waals surface area contributed by atoms with Gasteiger partial charge in [0, 0.05) is 11.0 Å². The highest BCUT2D eigenvalue weighted by molar-refractivity contribution is 9.10. The van der Waals surface area contributed by atoms with Crippen LogP contribution in [-0.4, -0.2) is 18.5 Å². The molecular weight excluding hydrogens is 323 g/mol. The summed E-state index contributed by atoms with van der Waals surface area (Å²) < 4.78 is 14.3. The first kappa shape index (κ1) is 17.1. The molecule has 1 rings (SSSR count). The molecule has 20 heavy (non-hydrogen) atoms. The minimum atomic E-state index is -0.468. The van der Waals surface area contributed by atoms with Gasteiger partial charge in [0.25, 0.3) is 0 Å². The van der Waals surface area contributed by atoms with E-state index in [0.717, 1.165) is 10.9 Å². The topological polar surface area (TPSA) is 55.1 Å². The third-order valence-corrected chi connectivity index (χ3v) is 3.99. The van der Waals surface area contributed by atoms with Gasteiger partial charge in [-0.2, -0.15) is 0 Å². The van der Waals surface area contributed by atoms with Crippen molar-refractivity contribution in [2.75, 3.05) is 6.54 Å². The third-order valence-electron chi connectivity index (χ3n) is 3.50. The summed E-state index contributed by atoms with van der Waals surface area (Å²) >= 11 is 3.22. The highest BCUT2D eigenvalue weighted by atomic mass is 79.9. The average Bonchev–Trinajstić information content (AvgIpc) is 2.43. The predicted molar refractivity (Wildman–Crippen MR) is 82.9 cm³/mol. The van der Waals surface area contributed by atoms with Crippen LogP contribution < -0.4 is 11.1 Å². The van der Waals surface area contributed by atoms with Gasteiger partial charge in [-0.25, -0.2) is 4.39 Å². The Morgan fingerprint density at radius 2 is 2.20 bits per heavy atom. The molecule has 3 nitrogen and oxygen atoms in total. The molecule has 0 aliphatic carbocycles. The average molecular weight is 345 g/mol. The maximum absolute atomic E-state index is 13.6. The van der Waals surface area contributed by atoms with Crippen molar-refractivity contribution in [3.63, 3.8) is 0 Å². The largest absolute Gasteiger partial charge is 0.355 e. The van der Waals surface area contributed by atoms with Crippen LogP contribution in [0.15, 0.2) is 22.7 Å². The Hall–Kier alpha value is -0.940. The summed E-state index contributed by atoms with van der Waals surface area (Å²) in [6.07, 6.45) is 2.16. The molecule has 0 saturated carbocycles. The van der Waals surface area contributed by atoms with Gasteiger partial charge in [0.2, 0.25) is 5.91 Å². The summed E-state index contributed by atoms with van der Waals surface area (Å²) in [7, 11) is 0. The second-order valence-corrected chi connectivity index (χ2v) is 5.96. The van der Waals surface area contributed by atoms with E-state index < -0.39 is 6.04 Å². The van der Waals surface area contributed by atoms with E-state index in [-0.39, 0.29) is 17.6 Å². The lowest BCUT2D eigenvalue weighted by molar-refractivity contribution is -0.123. The van der Waals surface area contributed by atoms with Gasteiger partial charge in [0.15, 0.2) is 0 Å². The monoisotopic (exact) mass is 344 g/mol. The highest BCUT2D eigenvalue weighted by Gasteiger charge is 2.18. The normalized spacial score (nSPS) is 13.8. The number of nitrogens with one attached hydrogen (secondary N) is 1. The Morgan fingerprint density at radius 3 is 2.80 bits per heavy atom. The number of nitrogens with two attached hydrogens (primary N) is 1. The van der Waals surface area contributed by atoms with E-state index in [1.165, 1.54) is 6.07 Å². The Kier molecular flexibility index (Phi) is 7.16. The first-order valence-corrected chi connectivity index (χ1v) is 7.72. The fraction of sp³-hybridized carbons (Fsp3) is 0.533. The van der Waals surface area contributed by atoms with Gasteiger partial charge in [-0.15, -0.1) is 0 Å². The smallest absolute Gasteiger partial charge is 0.237 e. The fourth-order valence-corrected chi connectivity index (χ4v) is 2.18. The van der Waals surface area contributed by atoms with Crippen molar-refractivity contribution in [2.24, 2.45) is 11.7 Å². The second-order valence-electron chi connectivity index (χ2n) is 5.04. The fourth-order valence-electron chi connectivity index (χ4n) is 1.85. The van der Waals surface area contributed by atoms with E-state index in [0.29, 0.717) is 24.9 Å². The van der Waals surface area contributed by atoms with Gasteiger partial charge in [-0.05, 0) is 36.5 Å². The van der Waals surface area contributed by atoms with Gasteiger partial charge >= 0.3 is 0 Å². The zero-order valence-corrected chi connectivity index (χ0v) is 13.5. The lowest BCUT2D eigenvalue weighted by Crippen LogP contribution is -2.44. The minimum Gasteiger partial charge on any atom is -0.355 e. The molecule has 2 unspecified atom stereocenters. The van der Waals surface area contributed by atoms with E-state index in [1.807, 2.05) is 19.9 Å². The molecule has 0 aliphatic rings. The molecule has 0 bridgehead atoms. The molecule has 0 heterocycles. The molecule has 1 aromatic carbocycles. The Labute approximate surface area is 128 Å². The maximum atomic E-state index is 13.6. The number of benzene rings is 1. The van der Waals surface area contributed by atoms with Crippen molar-refractivity contribution < 1.29 is 9.18 Å². The molecule has 1 aromatic rings. The van der Waals surface area contributed by atoms with Crippen molar-refractivity contribution in [3.8, 4) is 0 Å². The summed E-state index contributed by atoms with van der Waals surface area (Å²) in [5.74, 6) is -0.184. The van der Waals surface area contributed by atoms with E-state index >= 15 is 0 Å². The lowest BCUT2D eigenvalue weighted by Gasteiger charge is -2.17. The first-order valence-electron chi connectivity index (χ1n) is 6.93. The summed E-state index contributed by atoms with van der Waals surface area (Å²) in [5.41, 5.74) is 6.49. The van der Waals surface area contributed by atoms with Gasteiger partial charge in [-0.1, -0.05) is 42.3 Å². The third kappa shape index (κ3) is 5.21. The molecule has 0 saturated heterocycles. The van der Waals surface area contributed by atoms with Crippen LogP contribution in [0.1, 0.15) is 32.3 Å². The van der Waals surface area contributed by atoms with Gasteiger partial charge < -0.3 is 11.1 Å². The van der Waals surface area contributed by atoms with Crippen LogP contribution in [-0.2, 0) is 11.2 Å². The van der Waals surface area contributed by atoms with Gasteiger partial charge in [0.1, 0.15) is 5.82 Å². The highest BCUT2D eigenvalue weighted by Crippen LogP contribution is 2.16. The van der Waals surface area contributed by atoms with Crippen molar-refractivity contribution in [1.29, 1.82) is 0 Å². The van der Waals surface area contributed by atoms with E-state index in [2.05, 4.69) is 21.2 Å². The van der Waals surface area contributed by atoms with Crippen LogP contribution in [0.4, 0.5) is 4.39 Å². The Balaban J connectivity index is 2.33. The Bertz CT molecular complexity index is 453. The number of hydrogen-bond donors (Lipinski definition) is 2. The molecule has 3 N–H and O–H groups in total. The van der Waals surface area contributed by atoms with E-state index in [9.17, 15) is 9.18 Å². The van der Waals surface area contributed by atoms with Crippen LogP contribution in [0.3, 0.4) is 0 Å². The van der Waals surface area contributed by atoms with Gasteiger partial charge in [-0.3, -0.25) is 4.79 Å². The van der Waals surface area contributed by atoms with Crippen molar-refractivity contribution in [1.82, 2.24) is 5.32 Å². The number of rotatable bonds is 7. The number of carbonyl (C=O) groups is 1. The molecule has 1 amide bonds. The number of carbonyl (C=O) groups excluding carboxylic acids is 1. The van der Waals surface area contributed by atoms with Crippen LogP contribution in [0.25, 0.3) is 0 Å². The second kappa shape index (κ2) is 8.37. The molecule has 0 radical (unpaired) electrons. The number of hydrogen-bond acceptors (Lipinski definition) is 2. The lowest BCUT2D eigenvalue weighted by atomic mass is 9.99. The summed E-state index contributed by atoms with van der Waals surface area (Å²) in [6, 6.07) is 4.55. The predicted octanol–water partition coefficient (Wildman–Crippen LogP) is 3.01. The van der Waals surface area contributed by atoms with Crippen LogP contribution >= 0.6 is 15.9 Å². The SMILES string of the molecule is CCC(C)C(N)C(=O)NCCCc1ccc(Br)cc1F. The van der Waals surface area contributed by atoms with Crippen molar-refractivity contribution in [3.05, 3.63) is 34.1 Å². The van der Waals surface area contributed by atoms with Crippen LogP contribution in [0, 0.1) is 11.7 Å². The number of amides is 1. The van der Waals surface area contributed by atoms with Gasteiger partial charge in [0.05, 0.1) is 6.04 Å². The molecule has 0 aromatic heterocycles. The van der Waals surface area contributed by atoms with E-state index in [1.54, 1.807) is 6.07 Å². The molecular formula is C15H22BrFN2O. The molecule has 0 spiro atoms. The molecule has 5 heteroatoms. The Morgan fingerprint density at radius 1 is 1.50 bits per heavy atom. The number of halogens is 2. The van der Waals surface area contributed by atoms with E-state index in [4.69, 9.17) is 5.73 Å². The number of aryl methyl sites for hydroxylation is 1. The zero-order chi connectivity index (χ0) is 15.1. The van der Waals surface area contributed by atoms with Crippen LogP contribution in [0.2, 0.25) is 0 Å². The maximum Gasteiger partial charge on any atom is 0.237 e. The zero-order valence-electron chi connectivity index (χ0n) is 12.0. The molecule has 112 valence electrons. The molecule has 0 fully saturated rings. The quantitative estimate of drug-likeness (QED) is 0.747. The standard InChI is InChI=1S/C15H22BrFN2O/c1-3-10(2)14(18)15(20)19-8-4-5-11-6-7-12(16)9-13(11)17/h6-7,9-10,14H,3-5,8,18H2,1-2H3,(H,19,20). The van der Waals surface area contributed by atoms with Crippen molar-refractivity contribution in [2.45, 2.75) is 39.2 Å². The summed E-state index contributed by atoms with van der Waals surface area (Å²) in [6.45, 7) is 4.48. The first-order chi connectivity index (χ1) is 9.45. The summed E-state index contributed by atoms with van der Waals surface area (Å²) in [4.78, 5) is 11.7.